The van der Waals surface area contributed by atoms with Gasteiger partial charge in [-0.1, -0.05) is 26.0 Å². The number of hydrogen-bond acceptors (Lipinski definition) is 4. The van der Waals surface area contributed by atoms with E-state index in [-0.39, 0.29) is 6.10 Å². The fourth-order valence-electron chi connectivity index (χ4n) is 2.66. The van der Waals surface area contributed by atoms with E-state index in [4.69, 9.17) is 14.2 Å². The van der Waals surface area contributed by atoms with Crippen molar-refractivity contribution >= 4 is 5.96 Å². The summed E-state index contributed by atoms with van der Waals surface area (Å²) in [5.41, 5.74) is 2.30. The molecule has 0 amide bonds. The van der Waals surface area contributed by atoms with Gasteiger partial charge >= 0.3 is 0 Å². The molecule has 1 aromatic carbocycles. The molecule has 1 atom stereocenters. The van der Waals surface area contributed by atoms with Crippen molar-refractivity contribution in [1.29, 1.82) is 0 Å². The third kappa shape index (κ3) is 7.22. The molecule has 0 spiro atoms. The third-order valence-electron chi connectivity index (χ3n) is 4.06. The predicted octanol–water partition coefficient (Wildman–Crippen LogP) is 2.50. The average molecular weight is 364 g/mol. The number of aryl methyl sites for hydroxylation is 1. The number of nitrogens with one attached hydrogen (secondary N) is 2. The lowest BCUT2D eigenvalue weighted by molar-refractivity contribution is 0.114. The minimum absolute atomic E-state index is 0.145. The van der Waals surface area contributed by atoms with Crippen molar-refractivity contribution in [2.24, 2.45) is 10.9 Å². The minimum atomic E-state index is 0.145. The largest absolute Gasteiger partial charge is 0.488 e. The van der Waals surface area contributed by atoms with Crippen LogP contribution in [0.25, 0.3) is 0 Å². The molecule has 1 unspecified atom stereocenters. The van der Waals surface area contributed by atoms with E-state index < -0.39 is 0 Å². The van der Waals surface area contributed by atoms with Gasteiger partial charge in [0.05, 0.1) is 19.8 Å². The highest BCUT2D eigenvalue weighted by Crippen LogP contribution is 2.23. The lowest BCUT2D eigenvalue weighted by Gasteiger charge is -2.18. The molecule has 2 N–H and O–H groups in total. The fourth-order valence-corrected chi connectivity index (χ4v) is 2.66. The van der Waals surface area contributed by atoms with Crippen molar-refractivity contribution in [3.63, 3.8) is 0 Å². The number of hydrogen-bond donors (Lipinski definition) is 2. The zero-order valence-corrected chi connectivity index (χ0v) is 16.5. The van der Waals surface area contributed by atoms with E-state index in [1.54, 1.807) is 7.05 Å². The first-order chi connectivity index (χ1) is 12.6. The Hall–Kier alpha value is -1.79. The van der Waals surface area contributed by atoms with Gasteiger partial charge in [-0.15, -0.1) is 0 Å². The topological polar surface area (TPSA) is 64.1 Å². The van der Waals surface area contributed by atoms with Gasteiger partial charge in [0.15, 0.2) is 5.96 Å². The van der Waals surface area contributed by atoms with Crippen molar-refractivity contribution < 1.29 is 14.2 Å². The van der Waals surface area contributed by atoms with Crippen molar-refractivity contribution in [3.8, 4) is 5.75 Å². The van der Waals surface area contributed by atoms with Crippen LogP contribution in [0.2, 0.25) is 0 Å². The summed E-state index contributed by atoms with van der Waals surface area (Å²) in [6.45, 7) is 10.6. The maximum atomic E-state index is 6.14. The molecule has 0 bridgehead atoms. The van der Waals surface area contributed by atoms with Crippen LogP contribution in [0, 0.1) is 12.8 Å². The number of ether oxygens (including phenoxy) is 3. The minimum Gasteiger partial charge on any atom is -0.488 e. The van der Waals surface area contributed by atoms with Gasteiger partial charge in [0.1, 0.15) is 11.9 Å². The van der Waals surface area contributed by atoms with Crippen LogP contribution >= 0.6 is 0 Å². The van der Waals surface area contributed by atoms with Crippen LogP contribution in [0.4, 0.5) is 0 Å². The Morgan fingerprint density at radius 2 is 2.19 bits per heavy atom. The molecule has 2 rings (SSSR count). The zero-order chi connectivity index (χ0) is 18.8. The molecule has 0 aromatic heterocycles. The molecule has 1 aliphatic heterocycles. The number of nitrogens with zero attached hydrogens (tertiary/aromatic N) is 1. The quantitative estimate of drug-likeness (QED) is 0.401. The maximum absolute atomic E-state index is 6.14. The van der Waals surface area contributed by atoms with E-state index in [2.05, 4.69) is 54.6 Å². The molecule has 0 saturated carbocycles. The summed E-state index contributed by atoms with van der Waals surface area (Å²) < 4.78 is 17.1. The first-order valence-corrected chi connectivity index (χ1v) is 9.44. The Balaban J connectivity index is 1.82. The van der Waals surface area contributed by atoms with Crippen LogP contribution < -0.4 is 15.4 Å². The molecule has 26 heavy (non-hydrogen) atoms. The SMILES string of the molecule is CN=C(NCCOCC(C)C)NCc1ccc(C)cc1OC1CCOC1. The Labute approximate surface area is 157 Å². The summed E-state index contributed by atoms with van der Waals surface area (Å²) in [5, 5.41) is 6.61. The standard InChI is InChI=1S/C20H33N3O3/c1-15(2)13-25-10-8-22-20(21-4)23-12-17-6-5-16(3)11-19(17)26-18-7-9-24-14-18/h5-6,11,15,18H,7-10,12-14H2,1-4H3,(H2,21,22,23). The molecule has 6 heteroatoms. The Kier molecular flexibility index (Phi) is 8.71. The van der Waals surface area contributed by atoms with Crippen LogP contribution in [0.5, 0.6) is 5.75 Å². The molecular formula is C20H33N3O3. The Bertz CT molecular complexity index is 569. The predicted molar refractivity (Wildman–Crippen MR) is 105 cm³/mol. The van der Waals surface area contributed by atoms with E-state index in [0.717, 1.165) is 43.5 Å². The zero-order valence-electron chi connectivity index (χ0n) is 16.5. The highest BCUT2D eigenvalue weighted by Gasteiger charge is 2.18. The van der Waals surface area contributed by atoms with E-state index in [0.29, 0.717) is 25.7 Å². The molecule has 1 heterocycles. The molecule has 1 fully saturated rings. The Morgan fingerprint density at radius 1 is 1.35 bits per heavy atom. The monoisotopic (exact) mass is 363 g/mol. The summed E-state index contributed by atoms with van der Waals surface area (Å²) in [4.78, 5) is 4.26. The second kappa shape index (κ2) is 11.0. The summed E-state index contributed by atoms with van der Waals surface area (Å²) in [5.74, 6) is 2.23. The average Bonchev–Trinajstić information content (AvgIpc) is 3.11. The van der Waals surface area contributed by atoms with Gasteiger partial charge in [-0.25, -0.2) is 0 Å². The second-order valence-electron chi connectivity index (χ2n) is 7.04. The van der Waals surface area contributed by atoms with Crippen LogP contribution in [0.3, 0.4) is 0 Å². The van der Waals surface area contributed by atoms with Gasteiger partial charge in [0.25, 0.3) is 0 Å². The van der Waals surface area contributed by atoms with Gasteiger partial charge in [0.2, 0.25) is 0 Å². The Morgan fingerprint density at radius 3 is 2.88 bits per heavy atom. The molecule has 0 aliphatic carbocycles. The fraction of sp³-hybridized carbons (Fsp3) is 0.650. The molecule has 1 saturated heterocycles. The summed E-state index contributed by atoms with van der Waals surface area (Å²) >= 11 is 0. The van der Waals surface area contributed by atoms with Crippen LogP contribution in [-0.2, 0) is 16.0 Å². The highest BCUT2D eigenvalue weighted by molar-refractivity contribution is 5.79. The van der Waals surface area contributed by atoms with E-state index >= 15 is 0 Å². The lowest BCUT2D eigenvalue weighted by atomic mass is 10.1. The lowest BCUT2D eigenvalue weighted by Crippen LogP contribution is -2.38. The smallest absolute Gasteiger partial charge is 0.191 e. The van der Waals surface area contributed by atoms with Crippen LogP contribution in [-0.4, -0.2) is 52.1 Å². The van der Waals surface area contributed by atoms with Gasteiger partial charge in [-0.3, -0.25) is 4.99 Å². The number of benzene rings is 1. The van der Waals surface area contributed by atoms with Gasteiger partial charge in [-0.2, -0.15) is 0 Å². The van der Waals surface area contributed by atoms with Crippen molar-refractivity contribution in [3.05, 3.63) is 29.3 Å². The highest BCUT2D eigenvalue weighted by atomic mass is 16.5. The summed E-state index contributed by atoms with van der Waals surface area (Å²) in [6.07, 6.45) is 1.09. The molecule has 1 aromatic rings. The first kappa shape index (κ1) is 20.5. The van der Waals surface area contributed by atoms with Crippen molar-refractivity contribution in [1.82, 2.24) is 10.6 Å². The van der Waals surface area contributed by atoms with Gasteiger partial charge in [-0.05, 0) is 24.5 Å². The maximum Gasteiger partial charge on any atom is 0.191 e. The summed E-state index contributed by atoms with van der Waals surface area (Å²) in [6, 6.07) is 6.29. The molecular weight excluding hydrogens is 330 g/mol. The van der Waals surface area contributed by atoms with E-state index in [1.807, 2.05) is 0 Å². The third-order valence-corrected chi connectivity index (χ3v) is 4.06. The number of rotatable bonds is 9. The number of guanidine groups is 1. The number of aliphatic imine (C=N–C) groups is 1. The summed E-state index contributed by atoms with van der Waals surface area (Å²) in [7, 11) is 1.77. The first-order valence-electron chi connectivity index (χ1n) is 9.44. The van der Waals surface area contributed by atoms with Crippen molar-refractivity contribution in [2.45, 2.75) is 39.8 Å². The van der Waals surface area contributed by atoms with E-state index in [9.17, 15) is 0 Å². The van der Waals surface area contributed by atoms with Crippen LogP contribution in [0.1, 0.15) is 31.4 Å². The molecule has 146 valence electrons. The van der Waals surface area contributed by atoms with Gasteiger partial charge < -0.3 is 24.8 Å². The van der Waals surface area contributed by atoms with E-state index in [1.165, 1.54) is 5.56 Å². The van der Waals surface area contributed by atoms with Gasteiger partial charge in [0, 0.05) is 38.7 Å². The van der Waals surface area contributed by atoms with Crippen LogP contribution in [0.15, 0.2) is 23.2 Å². The second-order valence-corrected chi connectivity index (χ2v) is 7.04. The molecule has 1 aliphatic rings. The normalized spacial score (nSPS) is 17.6. The van der Waals surface area contributed by atoms with Crippen molar-refractivity contribution in [2.75, 3.05) is 40.0 Å². The molecule has 6 nitrogen and oxygen atoms in total. The molecule has 0 radical (unpaired) electrons.